The average Bonchev–Trinajstić information content (AvgIpc) is 2.68. The van der Waals surface area contributed by atoms with Crippen LogP contribution in [-0.2, 0) is 4.79 Å². The Labute approximate surface area is 153 Å². The maximum atomic E-state index is 12.1. The van der Waals surface area contributed by atoms with Gasteiger partial charge in [-0.3, -0.25) is 9.59 Å². The van der Waals surface area contributed by atoms with E-state index in [0.717, 1.165) is 25.7 Å². The Balaban J connectivity index is 1.46. The fraction of sp³-hybridized carbons (Fsp3) is 0.350. The number of para-hydroxylation sites is 1. The number of ether oxygens (including phenoxy) is 1. The third-order valence-corrected chi connectivity index (χ3v) is 4.34. The Hall–Kier alpha value is -2.89. The molecule has 2 amide bonds. The molecule has 1 saturated carbocycles. The lowest BCUT2D eigenvalue weighted by atomic mass is 9.95. The zero-order valence-electron chi connectivity index (χ0n) is 14.6. The van der Waals surface area contributed by atoms with Gasteiger partial charge in [-0.15, -0.1) is 0 Å². The van der Waals surface area contributed by atoms with Crippen LogP contribution in [0, 0.1) is 0 Å². The summed E-state index contributed by atoms with van der Waals surface area (Å²) in [7, 11) is 0. The van der Waals surface area contributed by atoms with E-state index in [0.29, 0.717) is 17.2 Å². The molecule has 1 aliphatic rings. The summed E-state index contributed by atoms with van der Waals surface area (Å²) in [5.41, 5.74) is 0.385. The lowest BCUT2D eigenvalue weighted by Gasteiger charge is -2.22. The number of benzene rings is 1. The van der Waals surface area contributed by atoms with Gasteiger partial charge in [-0.1, -0.05) is 37.5 Å². The van der Waals surface area contributed by atoms with Crippen molar-refractivity contribution in [1.29, 1.82) is 0 Å². The normalized spacial score (nSPS) is 14.5. The first-order valence-electron chi connectivity index (χ1n) is 8.97. The molecule has 0 radical (unpaired) electrons. The number of aromatic nitrogens is 1. The van der Waals surface area contributed by atoms with Crippen LogP contribution in [-0.4, -0.2) is 29.4 Å². The molecule has 2 N–H and O–H groups in total. The number of carbonyl (C=O) groups excluding carboxylic acids is 2. The quantitative estimate of drug-likeness (QED) is 0.836. The summed E-state index contributed by atoms with van der Waals surface area (Å²) in [6.07, 6.45) is 7.02. The summed E-state index contributed by atoms with van der Waals surface area (Å²) in [5.74, 6) is 0.601. The molecule has 1 aromatic heterocycles. The smallest absolute Gasteiger partial charge is 0.253 e. The fourth-order valence-corrected chi connectivity index (χ4v) is 2.97. The van der Waals surface area contributed by atoms with Crippen LogP contribution < -0.4 is 15.4 Å². The van der Waals surface area contributed by atoms with Crippen LogP contribution in [0.5, 0.6) is 11.6 Å². The minimum Gasteiger partial charge on any atom is -0.439 e. The van der Waals surface area contributed by atoms with Crippen LogP contribution in [0.3, 0.4) is 0 Å². The molecule has 1 fully saturated rings. The van der Waals surface area contributed by atoms with Gasteiger partial charge in [0.2, 0.25) is 11.8 Å². The van der Waals surface area contributed by atoms with Crippen molar-refractivity contribution in [3.8, 4) is 11.6 Å². The predicted molar refractivity (Wildman–Crippen MR) is 98.1 cm³/mol. The van der Waals surface area contributed by atoms with Crippen LogP contribution in [0.4, 0.5) is 0 Å². The largest absolute Gasteiger partial charge is 0.439 e. The van der Waals surface area contributed by atoms with Crippen molar-refractivity contribution in [2.45, 2.75) is 38.1 Å². The third-order valence-electron chi connectivity index (χ3n) is 4.34. The summed E-state index contributed by atoms with van der Waals surface area (Å²) in [6.45, 7) is -0.0302. The van der Waals surface area contributed by atoms with Crippen LogP contribution in [0.2, 0.25) is 0 Å². The number of carbonyl (C=O) groups is 2. The van der Waals surface area contributed by atoms with Gasteiger partial charge in [0, 0.05) is 18.3 Å². The van der Waals surface area contributed by atoms with E-state index in [1.807, 2.05) is 30.3 Å². The van der Waals surface area contributed by atoms with Crippen LogP contribution >= 0.6 is 0 Å². The lowest BCUT2D eigenvalue weighted by molar-refractivity contribution is -0.121. The van der Waals surface area contributed by atoms with E-state index in [9.17, 15) is 9.59 Å². The molecule has 3 rings (SSSR count). The van der Waals surface area contributed by atoms with Crippen LogP contribution in [0.1, 0.15) is 42.5 Å². The average molecular weight is 353 g/mol. The number of nitrogens with one attached hydrogen (secondary N) is 2. The molecule has 0 bridgehead atoms. The summed E-state index contributed by atoms with van der Waals surface area (Å²) in [5, 5.41) is 5.60. The molecule has 1 aromatic carbocycles. The zero-order chi connectivity index (χ0) is 18.2. The maximum Gasteiger partial charge on any atom is 0.253 e. The first-order chi connectivity index (χ1) is 12.7. The van der Waals surface area contributed by atoms with E-state index in [2.05, 4.69) is 15.6 Å². The van der Waals surface area contributed by atoms with Gasteiger partial charge in [-0.25, -0.2) is 4.98 Å². The highest BCUT2D eigenvalue weighted by Gasteiger charge is 2.16. The molecular weight excluding hydrogens is 330 g/mol. The number of pyridine rings is 1. The molecule has 0 spiro atoms. The van der Waals surface area contributed by atoms with Crippen molar-refractivity contribution in [1.82, 2.24) is 15.6 Å². The summed E-state index contributed by atoms with van der Waals surface area (Å²) in [4.78, 5) is 28.2. The third kappa shape index (κ3) is 5.31. The van der Waals surface area contributed by atoms with Crippen LogP contribution in [0.15, 0.2) is 48.7 Å². The molecule has 6 heteroatoms. The Morgan fingerprint density at radius 2 is 1.81 bits per heavy atom. The highest BCUT2D eigenvalue weighted by atomic mass is 16.5. The Bertz CT molecular complexity index is 726. The lowest BCUT2D eigenvalue weighted by Crippen LogP contribution is -2.42. The topological polar surface area (TPSA) is 80.3 Å². The Morgan fingerprint density at radius 3 is 2.50 bits per heavy atom. The van der Waals surface area contributed by atoms with Crippen LogP contribution in [0.25, 0.3) is 0 Å². The molecule has 1 aliphatic carbocycles. The number of nitrogens with zero attached hydrogens (tertiary/aromatic N) is 1. The Morgan fingerprint density at radius 1 is 1.04 bits per heavy atom. The van der Waals surface area contributed by atoms with Gasteiger partial charge in [0.15, 0.2) is 0 Å². The van der Waals surface area contributed by atoms with Gasteiger partial charge in [0.05, 0.1) is 12.1 Å². The summed E-state index contributed by atoms with van der Waals surface area (Å²) < 4.78 is 5.59. The van der Waals surface area contributed by atoms with Crippen molar-refractivity contribution < 1.29 is 14.3 Å². The first kappa shape index (κ1) is 17.9. The first-order valence-corrected chi connectivity index (χ1v) is 8.97. The number of hydrogen-bond acceptors (Lipinski definition) is 4. The molecule has 26 heavy (non-hydrogen) atoms. The van der Waals surface area contributed by atoms with E-state index in [1.54, 1.807) is 12.1 Å². The Kier molecular flexibility index (Phi) is 6.19. The number of hydrogen-bond donors (Lipinski definition) is 2. The zero-order valence-corrected chi connectivity index (χ0v) is 14.6. The summed E-state index contributed by atoms with van der Waals surface area (Å²) in [6, 6.07) is 12.8. The molecule has 0 atom stereocenters. The summed E-state index contributed by atoms with van der Waals surface area (Å²) >= 11 is 0. The van der Waals surface area contributed by atoms with Gasteiger partial charge in [0.25, 0.3) is 5.91 Å². The molecule has 0 aliphatic heterocycles. The highest BCUT2D eigenvalue weighted by molar-refractivity contribution is 5.96. The van der Waals surface area contributed by atoms with E-state index >= 15 is 0 Å². The predicted octanol–water partition coefficient (Wildman–Crippen LogP) is 3.05. The van der Waals surface area contributed by atoms with Gasteiger partial charge in [-0.05, 0) is 31.0 Å². The standard InChI is InChI=1S/C20H23N3O3/c24-18(23-16-7-3-1-4-8-16)14-22-20(25)15-11-12-19(21-13-15)26-17-9-5-2-6-10-17/h2,5-6,9-13,16H,1,3-4,7-8,14H2,(H,22,25)(H,23,24). The van der Waals surface area contributed by atoms with E-state index in [4.69, 9.17) is 4.74 Å². The second-order valence-corrected chi connectivity index (χ2v) is 6.39. The second-order valence-electron chi connectivity index (χ2n) is 6.39. The minimum atomic E-state index is -0.331. The van der Waals surface area contributed by atoms with Crippen molar-refractivity contribution in [3.05, 3.63) is 54.2 Å². The molecule has 6 nitrogen and oxygen atoms in total. The molecule has 136 valence electrons. The SMILES string of the molecule is O=C(CNC(=O)c1ccc(Oc2ccccc2)nc1)NC1CCCCC1. The molecule has 1 heterocycles. The molecule has 2 aromatic rings. The fourth-order valence-electron chi connectivity index (χ4n) is 2.97. The minimum absolute atomic E-state index is 0.0302. The highest BCUT2D eigenvalue weighted by Crippen LogP contribution is 2.19. The number of amides is 2. The van der Waals surface area contributed by atoms with E-state index in [-0.39, 0.29) is 24.4 Å². The van der Waals surface area contributed by atoms with Crippen molar-refractivity contribution in [3.63, 3.8) is 0 Å². The number of rotatable bonds is 6. The second kappa shape index (κ2) is 8.99. The molecule has 0 unspecified atom stereocenters. The van der Waals surface area contributed by atoms with Crippen molar-refractivity contribution >= 4 is 11.8 Å². The monoisotopic (exact) mass is 353 g/mol. The van der Waals surface area contributed by atoms with E-state index < -0.39 is 0 Å². The molecular formula is C20H23N3O3. The van der Waals surface area contributed by atoms with Gasteiger partial charge in [0.1, 0.15) is 5.75 Å². The van der Waals surface area contributed by atoms with E-state index in [1.165, 1.54) is 12.6 Å². The van der Waals surface area contributed by atoms with Crippen molar-refractivity contribution in [2.24, 2.45) is 0 Å². The van der Waals surface area contributed by atoms with Crippen molar-refractivity contribution in [2.75, 3.05) is 6.54 Å². The van der Waals surface area contributed by atoms with Gasteiger partial charge >= 0.3 is 0 Å². The maximum absolute atomic E-state index is 12.1. The molecule has 0 saturated heterocycles. The van der Waals surface area contributed by atoms with Gasteiger partial charge in [-0.2, -0.15) is 0 Å². The van der Waals surface area contributed by atoms with Gasteiger partial charge < -0.3 is 15.4 Å².